The van der Waals surface area contributed by atoms with E-state index in [9.17, 15) is 9.18 Å². The number of benzene rings is 1. The van der Waals surface area contributed by atoms with Crippen molar-refractivity contribution in [2.75, 3.05) is 18.4 Å². The van der Waals surface area contributed by atoms with Crippen LogP contribution < -0.4 is 5.32 Å². The molecule has 0 bridgehead atoms. The summed E-state index contributed by atoms with van der Waals surface area (Å²) in [6, 6.07) is 10.1. The van der Waals surface area contributed by atoms with Gasteiger partial charge in [0.2, 0.25) is 0 Å². The molecule has 1 aromatic carbocycles. The van der Waals surface area contributed by atoms with E-state index in [2.05, 4.69) is 25.8 Å². The van der Waals surface area contributed by atoms with Gasteiger partial charge in [-0.2, -0.15) is 0 Å². The summed E-state index contributed by atoms with van der Waals surface area (Å²) < 4.78 is 15.4. The van der Waals surface area contributed by atoms with Crippen LogP contribution in [0.25, 0.3) is 0 Å². The van der Waals surface area contributed by atoms with E-state index in [1.807, 2.05) is 23.2 Å². The zero-order valence-electron chi connectivity index (χ0n) is 12.7. The average Bonchev–Trinajstić information content (AvgIpc) is 3.03. The lowest BCUT2D eigenvalue weighted by Gasteiger charge is -2.37. The molecule has 0 aliphatic carbocycles. The second kappa shape index (κ2) is 7.17. The number of halogens is 2. The summed E-state index contributed by atoms with van der Waals surface area (Å²) in [5.41, 5.74) is 1.97. The van der Waals surface area contributed by atoms with Crippen molar-refractivity contribution in [1.82, 2.24) is 14.8 Å². The molecule has 0 spiro atoms. The van der Waals surface area contributed by atoms with Gasteiger partial charge in [-0.05, 0) is 36.2 Å². The minimum Gasteiger partial charge on any atom is -0.348 e. The monoisotopic (exact) mass is 379 g/mol. The fraction of sp³-hybridized carbons (Fsp3) is 0.353. The molecule has 6 heteroatoms. The van der Waals surface area contributed by atoms with Gasteiger partial charge in [0, 0.05) is 36.9 Å². The van der Waals surface area contributed by atoms with Crippen LogP contribution in [0.3, 0.4) is 0 Å². The van der Waals surface area contributed by atoms with E-state index in [0.717, 1.165) is 29.6 Å². The quantitative estimate of drug-likeness (QED) is 0.640. The number of nitrogens with zero attached hydrogens (tertiary/aromatic N) is 2. The van der Waals surface area contributed by atoms with Crippen molar-refractivity contribution >= 4 is 22.0 Å². The van der Waals surface area contributed by atoms with Crippen LogP contribution >= 0.6 is 15.9 Å². The van der Waals surface area contributed by atoms with Crippen LogP contribution in [-0.4, -0.2) is 33.9 Å². The minimum absolute atomic E-state index is 0.0762. The van der Waals surface area contributed by atoms with Gasteiger partial charge in [-0.1, -0.05) is 28.1 Å². The number of amides is 2. The molecule has 1 aromatic heterocycles. The molecule has 1 aliphatic heterocycles. The predicted molar refractivity (Wildman–Crippen MR) is 91.2 cm³/mol. The molecule has 1 atom stereocenters. The van der Waals surface area contributed by atoms with Crippen LogP contribution in [0.2, 0.25) is 0 Å². The van der Waals surface area contributed by atoms with E-state index in [1.165, 1.54) is 12.1 Å². The van der Waals surface area contributed by atoms with Gasteiger partial charge in [0.1, 0.15) is 5.82 Å². The van der Waals surface area contributed by atoms with Crippen LogP contribution in [-0.2, 0) is 6.54 Å². The minimum atomic E-state index is -0.270. The van der Waals surface area contributed by atoms with Crippen molar-refractivity contribution in [1.29, 1.82) is 0 Å². The molecule has 122 valence electrons. The highest BCUT2D eigenvalue weighted by atomic mass is 79.9. The van der Waals surface area contributed by atoms with Gasteiger partial charge in [-0.15, -0.1) is 0 Å². The second-order valence-corrected chi connectivity index (χ2v) is 6.34. The molecule has 2 aromatic rings. The Kier molecular flexibility index (Phi) is 5.00. The first-order valence-electron chi connectivity index (χ1n) is 7.71. The molecule has 2 amide bonds. The van der Waals surface area contributed by atoms with Gasteiger partial charge in [-0.25, -0.2) is 9.18 Å². The lowest BCUT2D eigenvalue weighted by atomic mass is 10.0. The van der Waals surface area contributed by atoms with Gasteiger partial charge in [-0.3, -0.25) is 0 Å². The summed E-state index contributed by atoms with van der Waals surface area (Å²) in [6.45, 7) is 2.04. The molecule has 4 nitrogen and oxygen atoms in total. The van der Waals surface area contributed by atoms with Gasteiger partial charge in [0.25, 0.3) is 0 Å². The number of rotatable bonds is 4. The summed E-state index contributed by atoms with van der Waals surface area (Å²) in [4.78, 5) is 14.4. The highest BCUT2D eigenvalue weighted by Crippen LogP contribution is 2.32. The molecule has 0 radical (unpaired) electrons. The number of fused-ring (bicyclic) bond motifs is 1. The third-order valence-electron chi connectivity index (χ3n) is 4.07. The first-order chi connectivity index (χ1) is 11.2. The van der Waals surface area contributed by atoms with Crippen molar-refractivity contribution in [2.45, 2.75) is 19.0 Å². The molecule has 1 N–H and O–H groups in total. The van der Waals surface area contributed by atoms with E-state index in [0.29, 0.717) is 13.1 Å². The predicted octanol–water partition coefficient (Wildman–Crippen LogP) is 3.53. The molecule has 1 aliphatic rings. The molecule has 0 fully saturated rings. The van der Waals surface area contributed by atoms with Crippen molar-refractivity contribution in [3.05, 3.63) is 59.7 Å². The van der Waals surface area contributed by atoms with Crippen LogP contribution in [0.15, 0.2) is 42.6 Å². The Bertz CT molecular complexity index is 671. The second-order valence-electron chi connectivity index (χ2n) is 5.55. The van der Waals surface area contributed by atoms with Crippen LogP contribution in [0.4, 0.5) is 9.18 Å². The highest BCUT2D eigenvalue weighted by Gasteiger charge is 2.31. The molecule has 23 heavy (non-hydrogen) atoms. The first-order valence-corrected chi connectivity index (χ1v) is 8.84. The van der Waals surface area contributed by atoms with Crippen molar-refractivity contribution in [3.8, 4) is 0 Å². The number of carbonyl (C=O) groups is 1. The molecule has 3 rings (SSSR count). The van der Waals surface area contributed by atoms with Crippen molar-refractivity contribution in [2.24, 2.45) is 0 Å². The Labute approximate surface area is 143 Å². The summed E-state index contributed by atoms with van der Waals surface area (Å²) >= 11 is 3.36. The van der Waals surface area contributed by atoms with E-state index in [-0.39, 0.29) is 17.9 Å². The van der Waals surface area contributed by atoms with Crippen LogP contribution in [0, 0.1) is 5.82 Å². The number of aromatic nitrogens is 1. The largest absolute Gasteiger partial charge is 0.348 e. The van der Waals surface area contributed by atoms with Crippen molar-refractivity contribution in [3.63, 3.8) is 0 Å². The zero-order chi connectivity index (χ0) is 16.2. The number of hydrogen-bond acceptors (Lipinski definition) is 1. The lowest BCUT2D eigenvalue weighted by molar-refractivity contribution is 0.169. The van der Waals surface area contributed by atoms with Gasteiger partial charge in [0.05, 0.1) is 6.04 Å². The van der Waals surface area contributed by atoms with Gasteiger partial charge >= 0.3 is 6.03 Å². The molecular formula is C17H19BrFN3O. The van der Waals surface area contributed by atoms with E-state index < -0.39 is 0 Å². The third-order valence-corrected chi connectivity index (χ3v) is 4.63. The number of alkyl halides is 1. The Morgan fingerprint density at radius 3 is 2.78 bits per heavy atom. The van der Waals surface area contributed by atoms with E-state index >= 15 is 0 Å². The Morgan fingerprint density at radius 1 is 1.26 bits per heavy atom. The molecule has 0 saturated carbocycles. The first kappa shape index (κ1) is 16.1. The van der Waals surface area contributed by atoms with Crippen molar-refractivity contribution < 1.29 is 9.18 Å². The third kappa shape index (κ3) is 3.42. The summed E-state index contributed by atoms with van der Waals surface area (Å²) in [6.07, 6.45) is 2.91. The Morgan fingerprint density at radius 2 is 2.04 bits per heavy atom. The maximum atomic E-state index is 13.2. The summed E-state index contributed by atoms with van der Waals surface area (Å²) in [7, 11) is 0. The fourth-order valence-corrected chi connectivity index (χ4v) is 3.24. The molecule has 0 unspecified atom stereocenters. The standard InChI is InChI=1S/C17H19BrFN3O/c18-8-2-9-20-17(23)22-12-11-21-10-1-3-15(21)16(22)13-4-6-14(19)7-5-13/h1,3-7,10,16H,2,8-9,11-12H2,(H,20,23)/t16-/m1/s1. The van der Waals surface area contributed by atoms with Gasteiger partial charge < -0.3 is 14.8 Å². The summed E-state index contributed by atoms with van der Waals surface area (Å²) in [5, 5.41) is 3.82. The smallest absolute Gasteiger partial charge is 0.318 e. The molecule has 0 saturated heterocycles. The lowest BCUT2D eigenvalue weighted by Crippen LogP contribution is -2.47. The summed E-state index contributed by atoms with van der Waals surface area (Å²) in [5.74, 6) is -0.270. The fourth-order valence-electron chi connectivity index (χ4n) is 2.96. The maximum Gasteiger partial charge on any atom is 0.318 e. The van der Waals surface area contributed by atoms with E-state index in [4.69, 9.17) is 0 Å². The normalized spacial score (nSPS) is 17.0. The number of hydrogen-bond donors (Lipinski definition) is 1. The van der Waals surface area contributed by atoms with Crippen LogP contribution in [0.1, 0.15) is 23.7 Å². The maximum absolute atomic E-state index is 13.2. The zero-order valence-corrected chi connectivity index (χ0v) is 14.3. The van der Waals surface area contributed by atoms with Gasteiger partial charge in [0.15, 0.2) is 0 Å². The molecular weight excluding hydrogens is 361 g/mol. The number of urea groups is 1. The Balaban J connectivity index is 1.89. The van der Waals surface area contributed by atoms with E-state index in [1.54, 1.807) is 12.1 Å². The topological polar surface area (TPSA) is 37.3 Å². The highest BCUT2D eigenvalue weighted by molar-refractivity contribution is 9.09. The number of carbonyl (C=O) groups excluding carboxylic acids is 1. The SMILES string of the molecule is O=C(NCCCBr)N1CCn2cccc2[C@H]1c1ccc(F)cc1. The Hall–Kier alpha value is -1.82. The van der Waals surface area contributed by atoms with Crippen LogP contribution in [0.5, 0.6) is 0 Å². The molecule has 2 heterocycles. The average molecular weight is 380 g/mol. The number of nitrogens with one attached hydrogen (secondary N) is 1.